The number of fused-ring (bicyclic) bond motifs is 1. The van der Waals surface area contributed by atoms with Gasteiger partial charge in [0.15, 0.2) is 0 Å². The van der Waals surface area contributed by atoms with Gasteiger partial charge in [-0.05, 0) is 50.8 Å². The fraction of sp³-hybridized carbons (Fsp3) is 0.500. The Morgan fingerprint density at radius 1 is 1.26 bits per heavy atom. The van der Waals surface area contributed by atoms with E-state index in [4.69, 9.17) is 14.2 Å². The van der Waals surface area contributed by atoms with E-state index in [2.05, 4.69) is 26.8 Å². The van der Waals surface area contributed by atoms with Gasteiger partial charge in [-0.25, -0.2) is 4.79 Å². The van der Waals surface area contributed by atoms with Crippen LogP contribution in [-0.2, 0) is 9.53 Å². The highest BCUT2D eigenvalue weighted by Gasteiger charge is 2.33. The molecule has 1 aliphatic heterocycles. The normalized spacial score (nSPS) is 16.6. The lowest BCUT2D eigenvalue weighted by atomic mass is 9.77. The molecule has 0 fully saturated rings. The molecule has 1 aromatic rings. The minimum absolute atomic E-state index is 0.112. The maximum atomic E-state index is 14.6. The molecule has 148 valence electrons. The smallest absolute Gasteiger partial charge is 0.367 e. The molecule has 1 aromatic carbocycles. The number of hydrogen-bond acceptors (Lipinski definition) is 4. The lowest BCUT2D eigenvalue weighted by Crippen LogP contribution is -2.31. The van der Waals surface area contributed by atoms with Gasteiger partial charge in [-0.2, -0.15) is 4.39 Å². The SMILES string of the molecule is CCOC(=O)/C(F)=C(/C)c1cc2c(cc1OC)OC(C)(C)C=C2C(C)(C)C. The van der Waals surface area contributed by atoms with Crippen molar-refractivity contribution in [3.63, 3.8) is 0 Å². The zero-order chi connectivity index (χ0) is 20.6. The molecule has 4 nitrogen and oxygen atoms in total. The Kier molecular flexibility index (Phi) is 5.74. The number of benzene rings is 1. The third-order valence-electron chi connectivity index (χ3n) is 4.45. The molecule has 0 spiro atoms. The predicted molar refractivity (Wildman–Crippen MR) is 105 cm³/mol. The largest absolute Gasteiger partial charge is 0.496 e. The number of carbonyl (C=O) groups is 1. The van der Waals surface area contributed by atoms with E-state index in [0.29, 0.717) is 17.1 Å². The highest BCUT2D eigenvalue weighted by Crippen LogP contribution is 2.47. The standard InChI is InChI=1S/C22H29FO4/c1-9-26-20(24)19(23)13(2)14-10-15-16(21(3,4)5)12-22(6,7)27-18(15)11-17(14)25-8/h10-12H,9H2,1-8H3/b19-13+. The predicted octanol–water partition coefficient (Wildman–Crippen LogP) is 5.56. The number of allylic oxidation sites excluding steroid dienone is 2. The van der Waals surface area contributed by atoms with E-state index < -0.39 is 17.4 Å². The number of halogens is 1. The minimum Gasteiger partial charge on any atom is -0.496 e. The molecule has 27 heavy (non-hydrogen) atoms. The highest BCUT2D eigenvalue weighted by molar-refractivity contribution is 5.96. The quantitative estimate of drug-likeness (QED) is 0.510. The van der Waals surface area contributed by atoms with Crippen molar-refractivity contribution in [2.45, 2.75) is 54.1 Å². The Morgan fingerprint density at radius 2 is 1.89 bits per heavy atom. The summed E-state index contributed by atoms with van der Waals surface area (Å²) in [5, 5.41) is 0. The van der Waals surface area contributed by atoms with Crippen LogP contribution >= 0.6 is 0 Å². The van der Waals surface area contributed by atoms with Gasteiger partial charge >= 0.3 is 5.97 Å². The third-order valence-corrected chi connectivity index (χ3v) is 4.45. The van der Waals surface area contributed by atoms with Gasteiger partial charge in [0.25, 0.3) is 0 Å². The lowest BCUT2D eigenvalue weighted by molar-refractivity contribution is -0.140. The maximum Gasteiger partial charge on any atom is 0.367 e. The Labute approximate surface area is 161 Å². The third kappa shape index (κ3) is 4.34. The molecule has 2 rings (SSSR count). The molecule has 0 amide bonds. The van der Waals surface area contributed by atoms with Gasteiger partial charge in [-0.15, -0.1) is 0 Å². The fourth-order valence-electron chi connectivity index (χ4n) is 3.14. The second-order valence-corrected chi connectivity index (χ2v) is 8.22. The molecular formula is C22H29FO4. The molecule has 1 aliphatic rings. The molecule has 0 N–H and O–H groups in total. The molecule has 0 unspecified atom stereocenters. The fourth-order valence-corrected chi connectivity index (χ4v) is 3.14. The number of ether oxygens (including phenoxy) is 3. The van der Waals surface area contributed by atoms with Crippen LogP contribution in [-0.4, -0.2) is 25.3 Å². The molecule has 0 aromatic heterocycles. The maximum absolute atomic E-state index is 14.6. The average molecular weight is 376 g/mol. The molecule has 0 saturated carbocycles. The lowest BCUT2D eigenvalue weighted by Gasteiger charge is -2.36. The van der Waals surface area contributed by atoms with E-state index in [1.54, 1.807) is 19.9 Å². The number of hydrogen-bond donors (Lipinski definition) is 0. The topological polar surface area (TPSA) is 44.8 Å². The molecule has 0 saturated heterocycles. The second-order valence-electron chi connectivity index (χ2n) is 8.22. The van der Waals surface area contributed by atoms with Crippen molar-refractivity contribution in [2.24, 2.45) is 5.41 Å². The number of esters is 1. The van der Waals surface area contributed by atoms with E-state index in [-0.39, 0.29) is 17.6 Å². The molecular weight excluding hydrogens is 347 g/mol. The molecule has 1 heterocycles. The summed E-state index contributed by atoms with van der Waals surface area (Å²) in [6.07, 6.45) is 2.09. The van der Waals surface area contributed by atoms with Gasteiger partial charge in [0.1, 0.15) is 17.1 Å². The first-order chi connectivity index (χ1) is 12.4. The Morgan fingerprint density at radius 3 is 2.41 bits per heavy atom. The number of methoxy groups -OCH3 is 1. The van der Waals surface area contributed by atoms with Crippen LogP contribution in [0, 0.1) is 5.41 Å². The summed E-state index contributed by atoms with van der Waals surface area (Å²) in [5.41, 5.74) is 2.03. The zero-order valence-corrected chi connectivity index (χ0v) is 17.5. The first-order valence-corrected chi connectivity index (χ1v) is 9.10. The summed E-state index contributed by atoms with van der Waals surface area (Å²) < 4.78 is 30.9. The van der Waals surface area contributed by atoms with Crippen molar-refractivity contribution in [1.82, 2.24) is 0 Å². The number of rotatable bonds is 4. The second kappa shape index (κ2) is 7.37. The summed E-state index contributed by atoms with van der Waals surface area (Å²) in [6.45, 7) is 13.6. The van der Waals surface area contributed by atoms with Crippen LogP contribution in [0.2, 0.25) is 0 Å². The van der Waals surface area contributed by atoms with Crippen molar-refractivity contribution in [3.05, 3.63) is 35.2 Å². The van der Waals surface area contributed by atoms with Crippen molar-refractivity contribution in [3.8, 4) is 11.5 Å². The van der Waals surface area contributed by atoms with Gasteiger partial charge in [0.05, 0.1) is 13.7 Å². The van der Waals surface area contributed by atoms with Gasteiger partial charge in [-0.1, -0.05) is 20.8 Å². The van der Waals surface area contributed by atoms with Gasteiger partial charge in [0.2, 0.25) is 5.83 Å². The summed E-state index contributed by atoms with van der Waals surface area (Å²) in [7, 11) is 1.51. The number of carbonyl (C=O) groups excluding carboxylic acids is 1. The molecule has 0 radical (unpaired) electrons. The zero-order valence-electron chi connectivity index (χ0n) is 17.5. The van der Waals surface area contributed by atoms with Gasteiger partial charge < -0.3 is 14.2 Å². The first-order valence-electron chi connectivity index (χ1n) is 9.10. The monoisotopic (exact) mass is 376 g/mol. The van der Waals surface area contributed by atoms with Crippen LogP contribution in [0.25, 0.3) is 11.1 Å². The van der Waals surface area contributed by atoms with E-state index in [1.165, 1.54) is 7.11 Å². The molecule has 0 aliphatic carbocycles. The molecule has 0 atom stereocenters. The first kappa shape index (κ1) is 21.0. The van der Waals surface area contributed by atoms with Crippen LogP contribution < -0.4 is 9.47 Å². The van der Waals surface area contributed by atoms with E-state index in [0.717, 1.165) is 11.1 Å². The van der Waals surface area contributed by atoms with Gasteiger partial charge in [-0.3, -0.25) is 0 Å². The average Bonchev–Trinajstić information content (AvgIpc) is 2.57. The summed E-state index contributed by atoms with van der Waals surface area (Å²) in [6, 6.07) is 3.59. The van der Waals surface area contributed by atoms with E-state index in [1.807, 2.05) is 19.9 Å². The van der Waals surface area contributed by atoms with Crippen LogP contribution in [0.5, 0.6) is 11.5 Å². The van der Waals surface area contributed by atoms with Crippen molar-refractivity contribution in [1.29, 1.82) is 0 Å². The van der Waals surface area contributed by atoms with Crippen LogP contribution in [0.1, 0.15) is 59.6 Å². The van der Waals surface area contributed by atoms with Crippen molar-refractivity contribution < 1.29 is 23.4 Å². The Hall–Kier alpha value is -2.30. The minimum atomic E-state index is -0.973. The van der Waals surface area contributed by atoms with Crippen LogP contribution in [0.3, 0.4) is 0 Å². The Balaban J connectivity index is 2.71. The highest BCUT2D eigenvalue weighted by atomic mass is 19.1. The molecule has 5 heteroatoms. The van der Waals surface area contributed by atoms with E-state index >= 15 is 0 Å². The summed E-state index contributed by atoms with van der Waals surface area (Å²) >= 11 is 0. The summed E-state index contributed by atoms with van der Waals surface area (Å²) in [5.74, 6) is -0.777. The summed E-state index contributed by atoms with van der Waals surface area (Å²) in [4.78, 5) is 11.8. The Bertz CT molecular complexity index is 810. The van der Waals surface area contributed by atoms with Gasteiger partial charge in [0, 0.05) is 22.8 Å². The molecule has 0 bridgehead atoms. The van der Waals surface area contributed by atoms with Crippen LogP contribution in [0.15, 0.2) is 24.0 Å². The van der Waals surface area contributed by atoms with Crippen molar-refractivity contribution >= 4 is 17.1 Å². The van der Waals surface area contributed by atoms with E-state index in [9.17, 15) is 9.18 Å². The van der Waals surface area contributed by atoms with Crippen molar-refractivity contribution in [2.75, 3.05) is 13.7 Å². The van der Waals surface area contributed by atoms with Crippen LogP contribution in [0.4, 0.5) is 4.39 Å².